The molecule has 41 heavy (non-hydrogen) atoms. The van der Waals surface area contributed by atoms with Crippen molar-refractivity contribution >= 4 is 36.7 Å². The Morgan fingerprint density at radius 3 is 1.54 bits per heavy atom. The summed E-state index contributed by atoms with van der Waals surface area (Å²) in [6.45, 7) is 2.59. The minimum absolute atomic E-state index is 0.117. The number of halogens is 4. The Morgan fingerprint density at radius 1 is 0.610 bits per heavy atom. The first kappa shape index (κ1) is 31.3. The van der Waals surface area contributed by atoms with Crippen LogP contribution in [0.5, 0.6) is 5.75 Å². The van der Waals surface area contributed by atoms with Crippen LogP contribution < -0.4 is 20.7 Å². The van der Waals surface area contributed by atoms with E-state index in [1.165, 1.54) is 37.8 Å². The fourth-order valence-corrected chi connectivity index (χ4v) is 13.2. The molecule has 0 aromatic heterocycles. The number of hydrogen-bond acceptors (Lipinski definition) is 1. The number of alkyl halides is 3. The molecule has 0 saturated carbocycles. The molecule has 0 fully saturated rings. The first-order valence-electron chi connectivity index (χ1n) is 14.5. The van der Waals surface area contributed by atoms with Crippen molar-refractivity contribution < 1.29 is 17.9 Å². The maximum atomic E-state index is 14.7. The Bertz CT molecular complexity index is 1260. The Kier molecular flexibility index (Phi) is 10.7. The summed E-state index contributed by atoms with van der Waals surface area (Å²) in [7, 11) is 0. The van der Waals surface area contributed by atoms with Crippen LogP contribution in [-0.2, 0) is 12.3 Å². The van der Waals surface area contributed by atoms with Crippen molar-refractivity contribution in [3.63, 3.8) is 0 Å². The molecule has 6 heteroatoms. The van der Waals surface area contributed by atoms with E-state index in [-0.39, 0.29) is 11.7 Å². The van der Waals surface area contributed by atoms with E-state index in [9.17, 15) is 13.2 Å². The Hall–Kier alpha value is -2.62. The average molecular weight is 644 g/mol. The molecule has 0 heterocycles. The fraction of sp³-hybridized carbons (Fsp3) is 0.314. The second-order valence-corrected chi connectivity index (χ2v) is 19.5. The van der Waals surface area contributed by atoms with E-state index in [1.807, 2.05) is 91.0 Å². The van der Waals surface area contributed by atoms with Gasteiger partial charge in [0.15, 0.2) is 0 Å². The van der Waals surface area contributed by atoms with Crippen LogP contribution in [0.25, 0.3) is 0 Å². The maximum absolute atomic E-state index is 14.7. The van der Waals surface area contributed by atoms with Crippen LogP contribution in [-0.4, -0.2) is 6.61 Å². The molecule has 0 spiro atoms. The van der Waals surface area contributed by atoms with Gasteiger partial charge in [0.1, 0.15) is 0 Å². The molecule has 1 nitrogen and oxygen atoms in total. The van der Waals surface area contributed by atoms with E-state index in [2.05, 4.69) is 22.4 Å². The van der Waals surface area contributed by atoms with Crippen LogP contribution in [0, 0.1) is 0 Å². The van der Waals surface area contributed by atoms with E-state index < -0.39 is 17.0 Å². The molecule has 0 atom stereocenters. The molecule has 0 aliphatic heterocycles. The number of benzene rings is 4. The molecule has 0 aliphatic rings. The SMILES string of the molecule is CCCCCCCCCOc1cccc(C(F)(F)F)c1CP(Br)(c1ccccc1)(c1ccccc1)c1ccccc1. The second-order valence-electron chi connectivity index (χ2n) is 10.6. The molecule has 0 bridgehead atoms. The van der Waals surface area contributed by atoms with Gasteiger partial charge in [0.05, 0.1) is 0 Å². The van der Waals surface area contributed by atoms with Crippen LogP contribution in [0.3, 0.4) is 0 Å². The summed E-state index contributed by atoms with van der Waals surface area (Å²) in [5, 5.41) is -0.783. The first-order chi connectivity index (χ1) is 19.8. The van der Waals surface area contributed by atoms with Crippen molar-refractivity contribution in [3.05, 3.63) is 120 Å². The molecular weight excluding hydrogens is 604 g/mol. The third-order valence-electron chi connectivity index (χ3n) is 7.78. The van der Waals surface area contributed by atoms with Crippen molar-refractivity contribution in [1.29, 1.82) is 0 Å². The number of hydrogen-bond donors (Lipinski definition) is 0. The molecule has 0 N–H and O–H groups in total. The van der Waals surface area contributed by atoms with Gasteiger partial charge in [-0.05, 0) is 0 Å². The van der Waals surface area contributed by atoms with Crippen LogP contribution in [0.1, 0.15) is 63.0 Å². The van der Waals surface area contributed by atoms with Crippen molar-refractivity contribution in [2.75, 3.05) is 6.61 Å². The van der Waals surface area contributed by atoms with Crippen LogP contribution >= 0.6 is 20.8 Å². The van der Waals surface area contributed by atoms with Gasteiger partial charge in [0, 0.05) is 0 Å². The summed E-state index contributed by atoms with van der Waals surface area (Å²) in [5.41, 5.74) is -0.458. The summed E-state index contributed by atoms with van der Waals surface area (Å²) in [4.78, 5) is 0. The molecule has 4 rings (SSSR count). The van der Waals surface area contributed by atoms with Crippen LogP contribution in [0.15, 0.2) is 109 Å². The molecule has 0 radical (unpaired) electrons. The van der Waals surface area contributed by atoms with Crippen LogP contribution in [0.4, 0.5) is 13.2 Å². The van der Waals surface area contributed by atoms with E-state index in [0.29, 0.717) is 12.4 Å². The van der Waals surface area contributed by atoms with E-state index in [4.69, 9.17) is 4.74 Å². The molecule has 4 aromatic carbocycles. The average Bonchev–Trinajstić information content (AvgIpc) is 3.00. The van der Waals surface area contributed by atoms with Gasteiger partial charge in [-0.2, -0.15) is 0 Å². The van der Waals surface area contributed by atoms with Crippen molar-refractivity contribution in [1.82, 2.24) is 0 Å². The Morgan fingerprint density at radius 2 is 1.07 bits per heavy atom. The number of ether oxygens (including phenoxy) is 1. The third-order valence-corrected chi connectivity index (χ3v) is 17.3. The zero-order chi connectivity index (χ0) is 29.2. The van der Waals surface area contributed by atoms with Crippen molar-refractivity contribution in [3.8, 4) is 5.75 Å². The predicted octanol–water partition coefficient (Wildman–Crippen LogP) is 10.2. The summed E-state index contributed by atoms with van der Waals surface area (Å²) < 4.78 is 50.2. The van der Waals surface area contributed by atoms with Crippen LogP contribution in [0.2, 0.25) is 0 Å². The summed E-state index contributed by atoms with van der Waals surface area (Å²) in [6, 6.07) is 34.1. The van der Waals surface area contributed by atoms with Gasteiger partial charge in [0.2, 0.25) is 0 Å². The zero-order valence-electron chi connectivity index (χ0n) is 23.6. The molecule has 0 amide bonds. The standard InChI is InChI=1S/C35H39BrF3OP/c1-2-3-4-5-6-7-17-27-40-34-26-18-25-33(35(37,38)39)32(34)28-41(36,29-19-11-8-12-20-29,30-21-13-9-14-22-30)31-23-15-10-16-24-31/h8-16,18-26H,2-7,17,27-28H2,1H3. The monoisotopic (exact) mass is 642 g/mol. The molecule has 0 unspecified atom stereocenters. The fourth-order valence-electron chi connectivity index (χ4n) is 5.61. The summed E-state index contributed by atoms with van der Waals surface area (Å²) in [5.74, 6) is 0.307. The van der Waals surface area contributed by atoms with Crippen molar-refractivity contribution in [2.45, 2.75) is 64.2 Å². The van der Waals surface area contributed by atoms with Gasteiger partial charge in [-0.15, -0.1) is 0 Å². The summed E-state index contributed by atoms with van der Waals surface area (Å²) in [6.07, 6.45) is 3.39. The van der Waals surface area contributed by atoms with Gasteiger partial charge in [-0.1, -0.05) is 6.92 Å². The van der Waals surface area contributed by atoms with Crippen molar-refractivity contribution in [2.24, 2.45) is 0 Å². The molecule has 4 aromatic rings. The molecular formula is C35H39BrF3OP. The zero-order valence-corrected chi connectivity index (χ0v) is 26.1. The predicted molar refractivity (Wildman–Crippen MR) is 173 cm³/mol. The van der Waals surface area contributed by atoms with Gasteiger partial charge in [-0.3, -0.25) is 0 Å². The van der Waals surface area contributed by atoms with Gasteiger partial charge in [0.25, 0.3) is 0 Å². The number of rotatable bonds is 14. The van der Waals surface area contributed by atoms with Gasteiger partial charge in [-0.25, -0.2) is 0 Å². The quantitative estimate of drug-likeness (QED) is 0.0982. The van der Waals surface area contributed by atoms with E-state index in [1.54, 1.807) is 6.07 Å². The molecule has 0 saturated heterocycles. The first-order valence-corrected chi connectivity index (χ1v) is 18.9. The Labute approximate surface area is 250 Å². The van der Waals surface area contributed by atoms with Gasteiger partial charge >= 0.3 is 245 Å². The topological polar surface area (TPSA) is 9.23 Å². The van der Waals surface area contributed by atoms with Gasteiger partial charge < -0.3 is 0 Å². The summed E-state index contributed by atoms with van der Waals surface area (Å²) >= 11 is 4.32. The second kappa shape index (κ2) is 14.0. The molecule has 218 valence electrons. The van der Waals surface area contributed by atoms with E-state index in [0.717, 1.165) is 35.2 Å². The van der Waals surface area contributed by atoms with E-state index >= 15 is 0 Å². The third kappa shape index (κ3) is 7.07. The molecule has 0 aliphatic carbocycles. The Balaban J connectivity index is 1.83. The number of unbranched alkanes of at least 4 members (excludes halogenated alkanes) is 6. The minimum atomic E-state index is -4.53. The normalized spacial score (nSPS) is 13.0.